The van der Waals surface area contributed by atoms with Gasteiger partial charge in [-0.05, 0) is 19.1 Å². The number of methoxy groups -OCH3 is 1. The molecule has 1 heterocycles. The highest BCUT2D eigenvalue weighted by atomic mass is 16.5. The van der Waals surface area contributed by atoms with Gasteiger partial charge in [-0.1, -0.05) is 12.1 Å². The Hall–Kier alpha value is -2.08. The van der Waals surface area contributed by atoms with E-state index >= 15 is 0 Å². The molecule has 1 aromatic carbocycles. The fourth-order valence-corrected chi connectivity index (χ4v) is 1.74. The molecule has 0 saturated carbocycles. The standard InChI is InChI=1S/C14H18N2O4/c1-4-13-15-14(20-16-13)8-19-12-7-10(18-3)5-6-11(12)9(2)17/h5-7,9,17H,4,8H2,1-3H3/t9-/m1/s1. The van der Waals surface area contributed by atoms with E-state index < -0.39 is 6.10 Å². The van der Waals surface area contributed by atoms with Crippen LogP contribution in [0.4, 0.5) is 0 Å². The van der Waals surface area contributed by atoms with Gasteiger partial charge in [-0.2, -0.15) is 4.98 Å². The van der Waals surface area contributed by atoms with Gasteiger partial charge in [0.15, 0.2) is 12.4 Å². The molecule has 20 heavy (non-hydrogen) atoms. The number of benzene rings is 1. The minimum atomic E-state index is -0.634. The fraction of sp³-hybridized carbons (Fsp3) is 0.429. The quantitative estimate of drug-likeness (QED) is 0.873. The van der Waals surface area contributed by atoms with Crippen molar-refractivity contribution in [2.24, 2.45) is 0 Å². The smallest absolute Gasteiger partial charge is 0.264 e. The third-order valence-corrected chi connectivity index (χ3v) is 2.85. The molecule has 0 aliphatic rings. The average Bonchev–Trinajstić information content (AvgIpc) is 2.92. The van der Waals surface area contributed by atoms with E-state index in [1.807, 2.05) is 6.92 Å². The first-order valence-electron chi connectivity index (χ1n) is 6.44. The van der Waals surface area contributed by atoms with Crippen molar-refractivity contribution in [3.05, 3.63) is 35.5 Å². The summed E-state index contributed by atoms with van der Waals surface area (Å²) in [5, 5.41) is 13.5. The zero-order chi connectivity index (χ0) is 14.5. The molecule has 0 amide bonds. The lowest BCUT2D eigenvalue weighted by Gasteiger charge is -2.13. The minimum Gasteiger partial charge on any atom is -0.497 e. The van der Waals surface area contributed by atoms with Gasteiger partial charge in [0.05, 0.1) is 13.2 Å². The molecule has 1 atom stereocenters. The maximum absolute atomic E-state index is 9.74. The largest absolute Gasteiger partial charge is 0.497 e. The van der Waals surface area contributed by atoms with Crippen LogP contribution >= 0.6 is 0 Å². The molecule has 6 nitrogen and oxygen atoms in total. The molecule has 108 valence electrons. The molecule has 6 heteroatoms. The summed E-state index contributed by atoms with van der Waals surface area (Å²) in [5.41, 5.74) is 0.682. The van der Waals surface area contributed by atoms with Crippen molar-refractivity contribution < 1.29 is 19.1 Å². The molecule has 2 aromatic rings. The number of nitrogens with zero attached hydrogens (tertiary/aromatic N) is 2. The van der Waals surface area contributed by atoms with Crippen LogP contribution in [0.5, 0.6) is 11.5 Å². The van der Waals surface area contributed by atoms with Crippen LogP contribution < -0.4 is 9.47 Å². The predicted octanol–water partition coefficient (Wildman–Crippen LogP) is 2.27. The van der Waals surface area contributed by atoms with Crippen molar-refractivity contribution in [1.82, 2.24) is 10.1 Å². The highest BCUT2D eigenvalue weighted by Gasteiger charge is 2.12. The van der Waals surface area contributed by atoms with Crippen LogP contribution in [0.1, 0.15) is 37.2 Å². The molecule has 0 aliphatic carbocycles. The third kappa shape index (κ3) is 3.27. The lowest BCUT2D eigenvalue weighted by atomic mass is 10.1. The number of aliphatic hydroxyl groups excluding tert-OH is 1. The second-order valence-corrected chi connectivity index (χ2v) is 4.33. The zero-order valence-electron chi connectivity index (χ0n) is 11.8. The first kappa shape index (κ1) is 14.3. The van der Waals surface area contributed by atoms with Gasteiger partial charge in [0.1, 0.15) is 11.5 Å². The number of aromatic nitrogens is 2. The van der Waals surface area contributed by atoms with Gasteiger partial charge >= 0.3 is 0 Å². The fourth-order valence-electron chi connectivity index (χ4n) is 1.74. The zero-order valence-corrected chi connectivity index (χ0v) is 11.8. The van der Waals surface area contributed by atoms with Gasteiger partial charge < -0.3 is 19.1 Å². The van der Waals surface area contributed by atoms with Crippen LogP contribution in [0, 0.1) is 0 Å². The Balaban J connectivity index is 2.14. The van der Waals surface area contributed by atoms with Gasteiger partial charge in [0, 0.05) is 18.1 Å². The van der Waals surface area contributed by atoms with E-state index in [1.165, 1.54) is 0 Å². The summed E-state index contributed by atoms with van der Waals surface area (Å²) >= 11 is 0. The van der Waals surface area contributed by atoms with Crippen LogP contribution in [0.25, 0.3) is 0 Å². The van der Waals surface area contributed by atoms with E-state index in [0.29, 0.717) is 35.2 Å². The van der Waals surface area contributed by atoms with Crippen LogP contribution in [0.15, 0.2) is 22.7 Å². The van der Waals surface area contributed by atoms with Crippen LogP contribution in [-0.4, -0.2) is 22.4 Å². The topological polar surface area (TPSA) is 77.6 Å². The Kier molecular flexibility index (Phi) is 4.57. The molecule has 0 bridgehead atoms. The van der Waals surface area contributed by atoms with E-state index in [4.69, 9.17) is 14.0 Å². The van der Waals surface area contributed by atoms with Gasteiger partial charge in [0.2, 0.25) is 0 Å². The Morgan fingerprint density at radius 2 is 2.20 bits per heavy atom. The average molecular weight is 278 g/mol. The van der Waals surface area contributed by atoms with Crippen molar-refractivity contribution in [2.45, 2.75) is 33.0 Å². The molecule has 0 saturated heterocycles. The maximum atomic E-state index is 9.74. The van der Waals surface area contributed by atoms with Crippen molar-refractivity contribution >= 4 is 0 Å². The summed E-state index contributed by atoms with van der Waals surface area (Å²) in [5.74, 6) is 2.24. The molecule has 2 rings (SSSR count). The number of hydrogen-bond acceptors (Lipinski definition) is 6. The van der Waals surface area contributed by atoms with E-state index in [0.717, 1.165) is 0 Å². The molecule has 0 radical (unpaired) electrons. The molecule has 1 aromatic heterocycles. The molecule has 0 spiro atoms. The number of hydrogen-bond donors (Lipinski definition) is 1. The van der Waals surface area contributed by atoms with Crippen molar-refractivity contribution in [3.63, 3.8) is 0 Å². The highest BCUT2D eigenvalue weighted by molar-refractivity contribution is 5.41. The summed E-state index contributed by atoms with van der Waals surface area (Å²) in [6, 6.07) is 5.26. The Morgan fingerprint density at radius 1 is 1.40 bits per heavy atom. The first-order valence-corrected chi connectivity index (χ1v) is 6.44. The second-order valence-electron chi connectivity index (χ2n) is 4.33. The molecule has 0 unspecified atom stereocenters. The number of aryl methyl sites for hydroxylation is 1. The van der Waals surface area contributed by atoms with E-state index in [1.54, 1.807) is 32.2 Å². The molecule has 1 N–H and O–H groups in total. The van der Waals surface area contributed by atoms with Gasteiger partial charge in [-0.3, -0.25) is 0 Å². The van der Waals surface area contributed by atoms with Crippen LogP contribution in [-0.2, 0) is 13.0 Å². The molecular weight excluding hydrogens is 260 g/mol. The number of aliphatic hydroxyl groups is 1. The monoisotopic (exact) mass is 278 g/mol. The normalized spacial score (nSPS) is 12.2. The summed E-state index contributed by atoms with van der Waals surface area (Å²) in [6.45, 7) is 3.78. The SMILES string of the molecule is CCc1noc(COc2cc(OC)ccc2[C@@H](C)O)n1. The Labute approximate surface area is 117 Å². The van der Waals surface area contributed by atoms with Crippen molar-refractivity contribution in [2.75, 3.05) is 7.11 Å². The van der Waals surface area contributed by atoms with E-state index in [9.17, 15) is 5.11 Å². The number of ether oxygens (including phenoxy) is 2. The van der Waals surface area contributed by atoms with E-state index in [2.05, 4.69) is 10.1 Å². The summed E-state index contributed by atoms with van der Waals surface area (Å²) in [6.07, 6.45) is 0.0755. The van der Waals surface area contributed by atoms with Crippen molar-refractivity contribution in [1.29, 1.82) is 0 Å². The summed E-state index contributed by atoms with van der Waals surface area (Å²) < 4.78 is 15.9. The Bertz CT molecular complexity index is 566. The first-order chi connectivity index (χ1) is 9.63. The minimum absolute atomic E-state index is 0.153. The predicted molar refractivity (Wildman–Crippen MR) is 71.6 cm³/mol. The molecular formula is C14H18N2O4. The van der Waals surface area contributed by atoms with Gasteiger partial charge in [0.25, 0.3) is 5.89 Å². The third-order valence-electron chi connectivity index (χ3n) is 2.85. The summed E-state index contributed by atoms with van der Waals surface area (Å²) in [4.78, 5) is 4.16. The lowest BCUT2D eigenvalue weighted by Crippen LogP contribution is -2.02. The van der Waals surface area contributed by atoms with E-state index in [-0.39, 0.29) is 6.61 Å². The lowest BCUT2D eigenvalue weighted by molar-refractivity contribution is 0.185. The summed E-state index contributed by atoms with van der Waals surface area (Å²) in [7, 11) is 1.58. The molecule has 0 aliphatic heterocycles. The Morgan fingerprint density at radius 3 is 2.80 bits per heavy atom. The maximum Gasteiger partial charge on any atom is 0.264 e. The van der Waals surface area contributed by atoms with Crippen LogP contribution in [0.2, 0.25) is 0 Å². The van der Waals surface area contributed by atoms with Gasteiger partial charge in [-0.25, -0.2) is 0 Å². The molecule has 0 fully saturated rings. The second kappa shape index (κ2) is 6.38. The van der Waals surface area contributed by atoms with Gasteiger partial charge in [-0.15, -0.1) is 0 Å². The number of rotatable bonds is 6. The van der Waals surface area contributed by atoms with Crippen LogP contribution in [0.3, 0.4) is 0 Å². The highest BCUT2D eigenvalue weighted by Crippen LogP contribution is 2.30. The van der Waals surface area contributed by atoms with Crippen molar-refractivity contribution in [3.8, 4) is 11.5 Å².